The van der Waals surface area contributed by atoms with Gasteiger partial charge in [0.15, 0.2) is 5.75 Å². The lowest BCUT2D eigenvalue weighted by atomic mass is 10.1. The summed E-state index contributed by atoms with van der Waals surface area (Å²) in [5, 5.41) is 28.4. The van der Waals surface area contributed by atoms with E-state index in [1.807, 2.05) is 0 Å². The maximum atomic E-state index is 11.9. The summed E-state index contributed by atoms with van der Waals surface area (Å²) in [7, 11) is 0. The molecule has 0 radical (unpaired) electrons. The number of hydrogen-bond acceptors (Lipinski definition) is 4. The standard InChI is InChI=1S/C17H12N2O3/c20-15-10-14(16(21)13-9-5-4-8-12(13)15)18-19-17(22)11-6-2-1-3-7-11/h1-10,20-21H. The first kappa shape index (κ1) is 13.8. The molecule has 0 aliphatic heterocycles. The third-order valence-corrected chi connectivity index (χ3v) is 3.24. The van der Waals surface area contributed by atoms with Crippen LogP contribution in [0.2, 0.25) is 0 Å². The highest BCUT2D eigenvalue weighted by atomic mass is 16.3. The van der Waals surface area contributed by atoms with Gasteiger partial charge < -0.3 is 10.2 Å². The molecule has 0 aliphatic carbocycles. The van der Waals surface area contributed by atoms with Gasteiger partial charge in [0.1, 0.15) is 11.4 Å². The van der Waals surface area contributed by atoms with Crippen molar-refractivity contribution in [2.45, 2.75) is 0 Å². The summed E-state index contributed by atoms with van der Waals surface area (Å²) in [6.45, 7) is 0. The van der Waals surface area contributed by atoms with E-state index in [4.69, 9.17) is 0 Å². The van der Waals surface area contributed by atoms with Crippen LogP contribution >= 0.6 is 0 Å². The lowest BCUT2D eigenvalue weighted by molar-refractivity contribution is 0.0995. The van der Waals surface area contributed by atoms with Gasteiger partial charge in [-0.05, 0) is 12.1 Å². The van der Waals surface area contributed by atoms with Crippen LogP contribution in [0.3, 0.4) is 0 Å². The average Bonchev–Trinajstić information content (AvgIpc) is 2.57. The Bertz CT molecular complexity index is 874. The Hall–Kier alpha value is -3.21. The van der Waals surface area contributed by atoms with Gasteiger partial charge >= 0.3 is 0 Å². The Morgan fingerprint density at radius 1 is 0.864 bits per heavy atom. The molecule has 0 aliphatic rings. The minimum Gasteiger partial charge on any atom is -0.507 e. The SMILES string of the molecule is O=C(N=Nc1cc(O)c2ccccc2c1O)c1ccccc1. The summed E-state index contributed by atoms with van der Waals surface area (Å²) in [5.41, 5.74) is 0.441. The third-order valence-electron chi connectivity index (χ3n) is 3.24. The number of nitrogens with zero attached hydrogens (tertiary/aromatic N) is 2. The number of benzene rings is 3. The average molecular weight is 292 g/mol. The second-order valence-electron chi connectivity index (χ2n) is 4.68. The van der Waals surface area contributed by atoms with E-state index in [9.17, 15) is 15.0 Å². The second-order valence-corrected chi connectivity index (χ2v) is 4.68. The molecule has 0 atom stereocenters. The highest BCUT2D eigenvalue weighted by molar-refractivity contribution is 5.97. The van der Waals surface area contributed by atoms with Gasteiger partial charge in [-0.25, -0.2) is 0 Å². The molecule has 0 unspecified atom stereocenters. The Kier molecular flexibility index (Phi) is 3.53. The van der Waals surface area contributed by atoms with Crippen molar-refractivity contribution in [3.05, 3.63) is 66.2 Å². The molecule has 0 saturated heterocycles. The van der Waals surface area contributed by atoms with Crippen LogP contribution in [0.15, 0.2) is 70.9 Å². The Morgan fingerprint density at radius 2 is 1.50 bits per heavy atom. The molecule has 0 fully saturated rings. The number of carbonyl (C=O) groups is 1. The number of rotatable bonds is 2. The van der Waals surface area contributed by atoms with E-state index in [0.29, 0.717) is 16.3 Å². The van der Waals surface area contributed by atoms with Gasteiger partial charge in [0.25, 0.3) is 5.91 Å². The fourth-order valence-electron chi connectivity index (χ4n) is 2.14. The molecule has 3 aromatic carbocycles. The van der Waals surface area contributed by atoms with Gasteiger partial charge in [-0.15, -0.1) is 10.2 Å². The van der Waals surface area contributed by atoms with Crippen LogP contribution in [0.4, 0.5) is 5.69 Å². The molecule has 0 saturated carbocycles. The number of hydrogen-bond donors (Lipinski definition) is 2. The van der Waals surface area contributed by atoms with Crippen LogP contribution in [0, 0.1) is 0 Å². The summed E-state index contributed by atoms with van der Waals surface area (Å²) in [6, 6.07) is 16.6. The number of fused-ring (bicyclic) bond motifs is 1. The van der Waals surface area contributed by atoms with E-state index in [2.05, 4.69) is 10.2 Å². The smallest absolute Gasteiger partial charge is 0.295 e. The molecule has 5 heteroatoms. The van der Waals surface area contributed by atoms with Gasteiger partial charge in [-0.1, -0.05) is 42.5 Å². The van der Waals surface area contributed by atoms with Crippen molar-refractivity contribution >= 4 is 22.4 Å². The maximum Gasteiger partial charge on any atom is 0.295 e. The summed E-state index contributed by atoms with van der Waals surface area (Å²) >= 11 is 0. The molecule has 3 rings (SSSR count). The minimum atomic E-state index is -0.521. The van der Waals surface area contributed by atoms with Crippen LogP contribution < -0.4 is 0 Å². The van der Waals surface area contributed by atoms with E-state index in [1.165, 1.54) is 6.07 Å². The summed E-state index contributed by atoms with van der Waals surface area (Å²) in [6.07, 6.45) is 0. The number of phenolic OH excluding ortho intramolecular Hbond substituents is 2. The topological polar surface area (TPSA) is 82.2 Å². The van der Waals surface area contributed by atoms with Crippen LogP contribution in [-0.4, -0.2) is 16.1 Å². The number of amides is 1. The Balaban J connectivity index is 1.99. The first-order valence-corrected chi connectivity index (χ1v) is 6.61. The van der Waals surface area contributed by atoms with E-state index in [-0.39, 0.29) is 17.2 Å². The van der Waals surface area contributed by atoms with Crippen molar-refractivity contribution in [2.24, 2.45) is 10.2 Å². The zero-order valence-corrected chi connectivity index (χ0v) is 11.5. The molecular formula is C17H12N2O3. The van der Waals surface area contributed by atoms with Crippen molar-refractivity contribution in [2.75, 3.05) is 0 Å². The molecule has 22 heavy (non-hydrogen) atoms. The molecule has 2 N–H and O–H groups in total. The molecule has 5 nitrogen and oxygen atoms in total. The number of aromatic hydroxyl groups is 2. The minimum absolute atomic E-state index is 0.0329. The molecule has 0 heterocycles. The van der Waals surface area contributed by atoms with E-state index in [1.54, 1.807) is 54.6 Å². The molecule has 0 bridgehead atoms. The lowest BCUT2D eigenvalue weighted by Gasteiger charge is -2.05. The summed E-state index contributed by atoms with van der Waals surface area (Å²) in [5.74, 6) is -0.680. The first-order chi connectivity index (χ1) is 10.7. The molecule has 0 aromatic heterocycles. The van der Waals surface area contributed by atoms with Crippen molar-refractivity contribution < 1.29 is 15.0 Å². The van der Waals surface area contributed by atoms with E-state index in [0.717, 1.165) is 0 Å². The molecule has 3 aromatic rings. The fraction of sp³-hybridized carbons (Fsp3) is 0. The van der Waals surface area contributed by atoms with Gasteiger partial charge in [0.2, 0.25) is 0 Å². The predicted molar refractivity (Wildman–Crippen MR) is 82.6 cm³/mol. The Labute approximate surface area is 126 Å². The highest BCUT2D eigenvalue weighted by Gasteiger charge is 2.11. The molecule has 108 valence electrons. The van der Waals surface area contributed by atoms with Crippen molar-refractivity contribution in [3.8, 4) is 11.5 Å². The quantitative estimate of drug-likeness (QED) is 0.549. The van der Waals surface area contributed by atoms with Crippen molar-refractivity contribution in [1.82, 2.24) is 0 Å². The van der Waals surface area contributed by atoms with E-state index < -0.39 is 5.91 Å². The largest absolute Gasteiger partial charge is 0.507 e. The van der Waals surface area contributed by atoms with Crippen molar-refractivity contribution in [3.63, 3.8) is 0 Å². The number of carbonyl (C=O) groups excluding carboxylic acids is 1. The molecular weight excluding hydrogens is 280 g/mol. The maximum absolute atomic E-state index is 11.9. The third kappa shape index (κ3) is 2.52. The summed E-state index contributed by atoms with van der Waals surface area (Å²) in [4.78, 5) is 11.9. The van der Waals surface area contributed by atoms with Crippen LogP contribution in [0.1, 0.15) is 10.4 Å². The molecule has 0 spiro atoms. The molecule has 1 amide bonds. The summed E-state index contributed by atoms with van der Waals surface area (Å²) < 4.78 is 0. The van der Waals surface area contributed by atoms with Crippen molar-refractivity contribution in [1.29, 1.82) is 0 Å². The van der Waals surface area contributed by atoms with E-state index >= 15 is 0 Å². The van der Waals surface area contributed by atoms with Crippen LogP contribution in [0.5, 0.6) is 11.5 Å². The van der Waals surface area contributed by atoms with Crippen LogP contribution in [-0.2, 0) is 0 Å². The zero-order chi connectivity index (χ0) is 15.5. The first-order valence-electron chi connectivity index (χ1n) is 6.61. The van der Waals surface area contributed by atoms with Gasteiger partial charge in [0.05, 0.1) is 0 Å². The normalized spacial score (nSPS) is 11.1. The second kappa shape index (κ2) is 5.65. The highest BCUT2D eigenvalue weighted by Crippen LogP contribution is 2.40. The van der Waals surface area contributed by atoms with Gasteiger partial charge in [0, 0.05) is 22.4 Å². The lowest BCUT2D eigenvalue weighted by Crippen LogP contribution is -1.92. The van der Waals surface area contributed by atoms with Gasteiger partial charge in [-0.2, -0.15) is 0 Å². The monoisotopic (exact) mass is 292 g/mol. The van der Waals surface area contributed by atoms with Crippen LogP contribution in [0.25, 0.3) is 10.8 Å². The number of phenols is 2. The predicted octanol–water partition coefficient (Wildman–Crippen LogP) is 4.18. The fourth-order valence-corrected chi connectivity index (χ4v) is 2.14. The Morgan fingerprint density at radius 3 is 2.23 bits per heavy atom. The number of azo groups is 1. The zero-order valence-electron chi connectivity index (χ0n) is 11.5. The van der Waals surface area contributed by atoms with Gasteiger partial charge in [-0.3, -0.25) is 4.79 Å².